The number of halogens is 3. The van der Waals surface area contributed by atoms with E-state index in [4.69, 9.17) is 5.11 Å². The van der Waals surface area contributed by atoms with E-state index in [0.29, 0.717) is 16.9 Å². The summed E-state index contributed by atoms with van der Waals surface area (Å²) < 4.78 is 63.3. The van der Waals surface area contributed by atoms with Gasteiger partial charge >= 0.3 is 22.4 Å². The number of rotatable bonds is 3. The Hall–Kier alpha value is -1.58. The molecule has 0 unspecified atom stereocenters. The first-order valence-electron chi connectivity index (χ1n) is 4.74. The molecule has 0 saturated heterocycles. The quantitative estimate of drug-likeness (QED) is 0.836. The summed E-state index contributed by atoms with van der Waals surface area (Å²) in [6.45, 7) is 1.44. The standard InChI is InChI=1S/C8H9F3N2O4S/c1-2-3-13-4-5(7(14)15)6(8(9,10)11)12-18(13,16)17/h4H,2-3H2,1H3,(H,14,15). The molecule has 1 aliphatic rings. The summed E-state index contributed by atoms with van der Waals surface area (Å²) in [5.74, 6) is -1.89. The van der Waals surface area contributed by atoms with Crippen molar-refractivity contribution in [2.24, 2.45) is 4.40 Å². The molecular formula is C8H9F3N2O4S. The molecule has 0 radical (unpaired) electrons. The fourth-order valence-corrected chi connectivity index (χ4v) is 2.44. The van der Waals surface area contributed by atoms with Crippen LogP contribution in [0.5, 0.6) is 0 Å². The van der Waals surface area contributed by atoms with E-state index in [1.54, 1.807) is 6.92 Å². The van der Waals surface area contributed by atoms with Gasteiger partial charge in [-0.15, -0.1) is 4.40 Å². The van der Waals surface area contributed by atoms with Crippen LogP contribution in [0.2, 0.25) is 0 Å². The molecule has 1 rings (SSSR count). The maximum absolute atomic E-state index is 12.5. The molecule has 0 saturated carbocycles. The van der Waals surface area contributed by atoms with Crippen molar-refractivity contribution < 1.29 is 31.5 Å². The van der Waals surface area contributed by atoms with Crippen molar-refractivity contribution in [3.63, 3.8) is 0 Å². The average Bonchev–Trinajstić information content (AvgIpc) is 2.18. The van der Waals surface area contributed by atoms with Crippen LogP contribution in [0, 0.1) is 0 Å². The lowest BCUT2D eigenvalue weighted by Gasteiger charge is -2.23. The number of hydrogen-bond donors (Lipinski definition) is 1. The smallest absolute Gasteiger partial charge is 0.435 e. The van der Waals surface area contributed by atoms with E-state index in [9.17, 15) is 26.4 Å². The number of carbonyl (C=O) groups is 1. The molecule has 0 aromatic heterocycles. The highest BCUT2D eigenvalue weighted by molar-refractivity contribution is 7.88. The van der Waals surface area contributed by atoms with Gasteiger partial charge in [0.2, 0.25) is 0 Å². The van der Waals surface area contributed by atoms with Gasteiger partial charge in [0.25, 0.3) is 0 Å². The number of carboxylic acids is 1. The number of aliphatic carboxylic acids is 1. The first kappa shape index (κ1) is 14.5. The van der Waals surface area contributed by atoms with Gasteiger partial charge < -0.3 is 5.11 Å². The molecule has 18 heavy (non-hydrogen) atoms. The minimum absolute atomic E-state index is 0.145. The third kappa shape index (κ3) is 2.81. The number of nitrogens with zero attached hydrogens (tertiary/aromatic N) is 2. The van der Waals surface area contributed by atoms with Crippen LogP contribution in [-0.4, -0.2) is 42.2 Å². The van der Waals surface area contributed by atoms with Crippen molar-refractivity contribution >= 4 is 21.9 Å². The Kier molecular flexibility index (Phi) is 3.70. The molecular weight excluding hydrogens is 277 g/mol. The van der Waals surface area contributed by atoms with Crippen LogP contribution in [0.4, 0.5) is 13.2 Å². The molecule has 0 aliphatic carbocycles. The molecule has 1 aliphatic heterocycles. The van der Waals surface area contributed by atoms with Gasteiger partial charge in [0.15, 0.2) is 5.71 Å². The van der Waals surface area contributed by atoms with Crippen molar-refractivity contribution in [1.29, 1.82) is 0 Å². The van der Waals surface area contributed by atoms with E-state index in [1.807, 2.05) is 0 Å². The fourth-order valence-electron chi connectivity index (χ4n) is 1.25. The second-order valence-corrected chi connectivity index (χ2v) is 4.92. The van der Waals surface area contributed by atoms with E-state index >= 15 is 0 Å². The molecule has 0 atom stereocenters. The van der Waals surface area contributed by atoms with Crippen LogP contribution < -0.4 is 0 Å². The van der Waals surface area contributed by atoms with E-state index in [-0.39, 0.29) is 6.54 Å². The predicted octanol–water partition coefficient (Wildman–Crippen LogP) is 0.929. The highest BCUT2D eigenvalue weighted by Gasteiger charge is 2.45. The van der Waals surface area contributed by atoms with Gasteiger partial charge in [-0.3, -0.25) is 4.31 Å². The summed E-state index contributed by atoms with van der Waals surface area (Å²) in [5, 5.41) is 8.66. The summed E-state index contributed by atoms with van der Waals surface area (Å²) in [7, 11) is -4.52. The summed E-state index contributed by atoms with van der Waals surface area (Å²) >= 11 is 0. The van der Waals surface area contributed by atoms with Crippen molar-refractivity contribution in [2.45, 2.75) is 19.5 Å². The summed E-state index contributed by atoms with van der Waals surface area (Å²) in [5.41, 5.74) is -3.10. The third-order valence-corrected chi connectivity index (χ3v) is 3.27. The molecule has 0 bridgehead atoms. The van der Waals surface area contributed by atoms with E-state index in [0.717, 1.165) is 0 Å². The van der Waals surface area contributed by atoms with Crippen molar-refractivity contribution in [3.05, 3.63) is 11.8 Å². The van der Waals surface area contributed by atoms with E-state index < -0.39 is 33.6 Å². The fraction of sp³-hybridized carbons (Fsp3) is 0.500. The Morgan fingerprint density at radius 3 is 2.44 bits per heavy atom. The van der Waals surface area contributed by atoms with Crippen LogP contribution in [0.15, 0.2) is 16.2 Å². The molecule has 10 heteroatoms. The van der Waals surface area contributed by atoms with Crippen LogP contribution >= 0.6 is 0 Å². The molecule has 102 valence electrons. The molecule has 1 heterocycles. The lowest BCUT2D eigenvalue weighted by atomic mass is 10.1. The van der Waals surface area contributed by atoms with Gasteiger partial charge in [-0.2, -0.15) is 21.6 Å². The Balaban J connectivity index is 3.37. The topological polar surface area (TPSA) is 87.0 Å². The highest BCUT2D eigenvalue weighted by atomic mass is 32.2. The maximum Gasteiger partial charge on any atom is 0.435 e. The lowest BCUT2D eigenvalue weighted by Crippen LogP contribution is -2.38. The predicted molar refractivity (Wildman–Crippen MR) is 55.1 cm³/mol. The van der Waals surface area contributed by atoms with Gasteiger partial charge in [0.05, 0.1) is 0 Å². The Morgan fingerprint density at radius 1 is 1.50 bits per heavy atom. The summed E-state index contributed by atoms with van der Waals surface area (Å²) in [4.78, 5) is 10.7. The van der Waals surface area contributed by atoms with Crippen molar-refractivity contribution in [1.82, 2.24) is 4.31 Å². The zero-order valence-corrected chi connectivity index (χ0v) is 9.92. The SMILES string of the molecule is CCCN1C=C(C(=O)O)C(C(F)(F)F)=NS1(=O)=O. The number of hydrogen-bond acceptors (Lipinski definition) is 3. The summed E-state index contributed by atoms with van der Waals surface area (Å²) in [6.07, 6.45) is -4.40. The van der Waals surface area contributed by atoms with Gasteiger partial charge in [-0.1, -0.05) is 6.92 Å². The van der Waals surface area contributed by atoms with E-state index in [2.05, 4.69) is 4.40 Å². The first-order valence-corrected chi connectivity index (χ1v) is 6.13. The second kappa shape index (κ2) is 4.59. The first-order chi connectivity index (χ1) is 8.09. The van der Waals surface area contributed by atoms with Crippen LogP contribution in [-0.2, 0) is 15.0 Å². The van der Waals surface area contributed by atoms with Gasteiger partial charge in [-0.25, -0.2) is 4.79 Å². The highest BCUT2D eigenvalue weighted by Crippen LogP contribution is 2.28. The zero-order chi connectivity index (χ0) is 14.1. The molecule has 0 fully saturated rings. The Morgan fingerprint density at radius 2 is 2.06 bits per heavy atom. The molecule has 6 nitrogen and oxygen atoms in total. The molecule has 0 amide bonds. The second-order valence-electron chi connectivity index (χ2n) is 3.37. The number of carboxylic acid groups (broad SMARTS) is 1. The summed E-state index contributed by atoms with van der Waals surface area (Å²) in [6, 6.07) is 0. The molecule has 1 N–H and O–H groups in total. The van der Waals surface area contributed by atoms with Crippen LogP contribution in [0.25, 0.3) is 0 Å². The zero-order valence-electron chi connectivity index (χ0n) is 9.10. The maximum atomic E-state index is 12.5. The monoisotopic (exact) mass is 286 g/mol. The normalized spacial score (nSPS) is 19.2. The average molecular weight is 286 g/mol. The van der Waals surface area contributed by atoms with Gasteiger partial charge in [0.1, 0.15) is 5.57 Å². The minimum atomic E-state index is -5.14. The Bertz CT molecular complexity index is 521. The van der Waals surface area contributed by atoms with Crippen molar-refractivity contribution in [3.8, 4) is 0 Å². The molecule has 0 aromatic carbocycles. The lowest BCUT2D eigenvalue weighted by molar-refractivity contribution is -0.132. The molecule has 0 aromatic rings. The van der Waals surface area contributed by atoms with Crippen molar-refractivity contribution in [2.75, 3.05) is 6.54 Å². The molecule has 0 spiro atoms. The largest absolute Gasteiger partial charge is 0.478 e. The van der Waals surface area contributed by atoms with Gasteiger partial charge in [-0.05, 0) is 6.42 Å². The van der Waals surface area contributed by atoms with Crippen LogP contribution in [0.1, 0.15) is 13.3 Å². The Labute approximate surface area is 101 Å². The third-order valence-electron chi connectivity index (χ3n) is 1.97. The van der Waals surface area contributed by atoms with E-state index in [1.165, 1.54) is 0 Å². The minimum Gasteiger partial charge on any atom is -0.478 e. The van der Waals surface area contributed by atoms with Gasteiger partial charge in [0, 0.05) is 12.7 Å². The van der Waals surface area contributed by atoms with Crippen LogP contribution in [0.3, 0.4) is 0 Å². The number of alkyl halides is 3.